The van der Waals surface area contributed by atoms with E-state index in [0.29, 0.717) is 5.76 Å². The van der Waals surface area contributed by atoms with Crippen LogP contribution in [0.2, 0.25) is 0 Å². The fourth-order valence-corrected chi connectivity index (χ4v) is 1.83. The zero-order chi connectivity index (χ0) is 9.76. The lowest BCUT2D eigenvalue weighted by molar-refractivity contribution is -0.136. The number of allylic oxidation sites excluding steroid dienone is 3. The zero-order valence-electron chi connectivity index (χ0n) is 7.61. The summed E-state index contributed by atoms with van der Waals surface area (Å²) in [6.45, 7) is 1.38. The van der Waals surface area contributed by atoms with Crippen molar-refractivity contribution in [1.29, 1.82) is 0 Å². The predicted octanol–water partition coefficient (Wildman–Crippen LogP) is 1.60. The Balaban J connectivity index is 2.00. The molecule has 0 bridgehead atoms. The molecule has 0 radical (unpaired) electrons. The molecule has 0 aromatic carbocycles. The second kappa shape index (κ2) is 2.18. The van der Waals surface area contributed by atoms with E-state index in [1.165, 1.54) is 6.92 Å². The Kier molecular flexibility index (Phi) is 1.18. The van der Waals surface area contributed by atoms with Crippen LogP contribution in [-0.4, -0.2) is 11.6 Å². The monoisotopic (exact) mass is 188 g/mol. The molecule has 3 aliphatic rings. The van der Waals surface area contributed by atoms with Crippen molar-refractivity contribution in [2.45, 2.75) is 12.5 Å². The molecule has 3 heteroatoms. The van der Waals surface area contributed by atoms with Crippen molar-refractivity contribution in [2.75, 3.05) is 0 Å². The summed E-state index contributed by atoms with van der Waals surface area (Å²) >= 11 is 0. The van der Waals surface area contributed by atoms with Gasteiger partial charge in [0.05, 0.1) is 0 Å². The molecule has 1 saturated heterocycles. The maximum absolute atomic E-state index is 10.8. The van der Waals surface area contributed by atoms with E-state index in [0.717, 1.165) is 11.3 Å². The van der Waals surface area contributed by atoms with E-state index in [1.54, 1.807) is 0 Å². The number of carbonyl (C=O) groups excluding carboxylic acids is 1. The molecule has 1 atom stereocenters. The summed E-state index contributed by atoms with van der Waals surface area (Å²) in [5.74, 6) is 0.980. The molecule has 1 aliphatic heterocycles. The summed E-state index contributed by atoms with van der Waals surface area (Å²) in [7, 11) is 0. The number of hydrogen-bond acceptors (Lipinski definition) is 3. The maximum atomic E-state index is 10.8. The van der Waals surface area contributed by atoms with Gasteiger partial charge in [-0.2, -0.15) is 0 Å². The first-order valence-electron chi connectivity index (χ1n) is 4.43. The molecule has 1 heterocycles. The van der Waals surface area contributed by atoms with E-state index in [9.17, 15) is 4.79 Å². The Hall–Kier alpha value is -1.77. The van der Waals surface area contributed by atoms with Crippen molar-refractivity contribution < 1.29 is 14.3 Å². The minimum atomic E-state index is -0.389. The second-order valence-corrected chi connectivity index (χ2v) is 3.44. The highest BCUT2D eigenvalue weighted by atomic mass is 16.6. The van der Waals surface area contributed by atoms with Crippen molar-refractivity contribution in [3.63, 3.8) is 0 Å². The minimum absolute atomic E-state index is 0.318. The lowest BCUT2D eigenvalue weighted by atomic mass is 9.97. The molecule has 1 spiro atoms. The van der Waals surface area contributed by atoms with Gasteiger partial charge in [-0.05, 0) is 12.2 Å². The molecule has 70 valence electrons. The highest BCUT2D eigenvalue weighted by Gasteiger charge is 2.60. The third kappa shape index (κ3) is 0.789. The topological polar surface area (TPSA) is 38.8 Å². The largest absolute Gasteiger partial charge is 0.466 e. The van der Waals surface area contributed by atoms with Gasteiger partial charge in [0.25, 0.3) is 0 Å². The number of ether oxygens (including phenoxy) is 2. The van der Waals surface area contributed by atoms with Gasteiger partial charge in [0.15, 0.2) is 11.5 Å². The van der Waals surface area contributed by atoms with E-state index in [2.05, 4.69) is 0 Å². The molecule has 3 rings (SSSR count). The molecule has 0 amide bonds. The molecule has 0 aromatic heterocycles. The van der Waals surface area contributed by atoms with E-state index in [-0.39, 0.29) is 11.6 Å². The minimum Gasteiger partial charge on any atom is -0.466 e. The zero-order valence-corrected chi connectivity index (χ0v) is 7.61. The fourth-order valence-electron chi connectivity index (χ4n) is 1.83. The first kappa shape index (κ1) is 7.62. The Labute approximate surface area is 81.0 Å². The normalized spacial score (nSPS) is 30.5. The molecule has 14 heavy (non-hydrogen) atoms. The molecule has 0 aromatic rings. The van der Waals surface area contributed by atoms with Gasteiger partial charge < -0.3 is 9.47 Å². The van der Waals surface area contributed by atoms with Gasteiger partial charge in [0.1, 0.15) is 0 Å². The maximum Gasteiger partial charge on any atom is 0.308 e. The molecule has 1 fully saturated rings. The molecule has 0 saturated carbocycles. The molecular formula is C11H8O3. The lowest BCUT2D eigenvalue weighted by Crippen LogP contribution is -2.08. The summed E-state index contributed by atoms with van der Waals surface area (Å²) < 4.78 is 10.5. The summed E-state index contributed by atoms with van der Waals surface area (Å²) in [4.78, 5) is 10.8. The summed E-state index contributed by atoms with van der Waals surface area (Å²) in [5, 5.41) is 0. The fraction of sp³-hybridized carbons (Fsp3) is 0.182. The van der Waals surface area contributed by atoms with Crippen LogP contribution in [0.1, 0.15) is 6.92 Å². The van der Waals surface area contributed by atoms with Gasteiger partial charge in [-0.1, -0.05) is 18.2 Å². The molecule has 1 unspecified atom stereocenters. The Morgan fingerprint density at radius 2 is 2.36 bits per heavy atom. The molecular weight excluding hydrogens is 180 g/mol. The van der Waals surface area contributed by atoms with Gasteiger partial charge >= 0.3 is 5.97 Å². The Bertz CT molecular complexity index is 451. The van der Waals surface area contributed by atoms with Crippen LogP contribution >= 0.6 is 0 Å². The van der Waals surface area contributed by atoms with E-state index in [4.69, 9.17) is 9.47 Å². The molecule has 2 aliphatic carbocycles. The van der Waals surface area contributed by atoms with Crippen molar-refractivity contribution in [2.24, 2.45) is 0 Å². The van der Waals surface area contributed by atoms with Crippen LogP contribution in [-0.2, 0) is 14.3 Å². The standard InChI is InChI=1S/C11H8O3/c1-7(12)13-9-6-8-4-2-3-5-11(8)10(9)14-11/h2-6H,1H3. The Morgan fingerprint density at radius 3 is 3.07 bits per heavy atom. The average molecular weight is 188 g/mol. The van der Waals surface area contributed by atoms with Gasteiger partial charge in [-0.25, -0.2) is 0 Å². The molecule has 3 nitrogen and oxygen atoms in total. The van der Waals surface area contributed by atoms with Crippen LogP contribution in [0.25, 0.3) is 0 Å². The van der Waals surface area contributed by atoms with Crippen LogP contribution in [0.3, 0.4) is 0 Å². The quantitative estimate of drug-likeness (QED) is 0.463. The van der Waals surface area contributed by atoms with E-state index < -0.39 is 0 Å². The number of hydrogen-bond donors (Lipinski definition) is 0. The number of carbonyl (C=O) groups is 1. The highest BCUT2D eigenvalue weighted by molar-refractivity contribution is 5.71. The Morgan fingerprint density at radius 1 is 1.50 bits per heavy atom. The van der Waals surface area contributed by atoms with Gasteiger partial charge in [-0.3, -0.25) is 4.79 Å². The van der Waals surface area contributed by atoms with Crippen molar-refractivity contribution in [3.05, 3.63) is 47.5 Å². The van der Waals surface area contributed by atoms with E-state index >= 15 is 0 Å². The van der Waals surface area contributed by atoms with Gasteiger partial charge in [-0.15, -0.1) is 0 Å². The molecule has 0 N–H and O–H groups in total. The average Bonchev–Trinajstić information content (AvgIpc) is 2.76. The van der Waals surface area contributed by atoms with Crippen LogP contribution < -0.4 is 0 Å². The van der Waals surface area contributed by atoms with Crippen molar-refractivity contribution >= 4 is 5.97 Å². The van der Waals surface area contributed by atoms with Crippen LogP contribution in [0.15, 0.2) is 47.5 Å². The summed E-state index contributed by atoms with van der Waals surface area (Å²) in [6.07, 6.45) is 9.64. The smallest absolute Gasteiger partial charge is 0.308 e. The number of esters is 1. The van der Waals surface area contributed by atoms with Gasteiger partial charge in [0, 0.05) is 12.5 Å². The number of epoxide rings is 1. The van der Waals surface area contributed by atoms with Crippen LogP contribution in [0, 0.1) is 0 Å². The highest BCUT2D eigenvalue weighted by Crippen LogP contribution is 2.56. The first-order chi connectivity index (χ1) is 6.72. The third-order valence-electron chi connectivity index (χ3n) is 2.47. The van der Waals surface area contributed by atoms with Crippen molar-refractivity contribution in [1.82, 2.24) is 0 Å². The number of rotatable bonds is 1. The van der Waals surface area contributed by atoms with Crippen molar-refractivity contribution in [3.8, 4) is 0 Å². The SMILES string of the molecule is CC(=O)OC1=C2OC23C=CC=CC3=C1. The van der Waals surface area contributed by atoms with Gasteiger partial charge in [0.2, 0.25) is 5.60 Å². The summed E-state index contributed by atoms with van der Waals surface area (Å²) in [6, 6.07) is 0. The summed E-state index contributed by atoms with van der Waals surface area (Å²) in [5.41, 5.74) is 0.644. The predicted molar refractivity (Wildman–Crippen MR) is 49.0 cm³/mol. The van der Waals surface area contributed by atoms with Crippen LogP contribution in [0.4, 0.5) is 0 Å². The van der Waals surface area contributed by atoms with Crippen LogP contribution in [0.5, 0.6) is 0 Å². The third-order valence-corrected chi connectivity index (χ3v) is 2.47. The lowest BCUT2D eigenvalue weighted by Gasteiger charge is -2.06. The second-order valence-electron chi connectivity index (χ2n) is 3.44. The first-order valence-corrected chi connectivity index (χ1v) is 4.43. The van der Waals surface area contributed by atoms with E-state index in [1.807, 2.05) is 30.4 Å².